The van der Waals surface area contributed by atoms with Crippen LogP contribution in [-0.2, 0) is 4.79 Å². The van der Waals surface area contributed by atoms with Gasteiger partial charge in [0, 0.05) is 18.6 Å². The SMILES string of the molecule is CCCN1CCC(C)NC(CC(=O)O)C1. The second kappa shape index (κ2) is 6.08. The summed E-state index contributed by atoms with van der Waals surface area (Å²) >= 11 is 0. The highest BCUT2D eigenvalue weighted by molar-refractivity contribution is 5.67. The van der Waals surface area contributed by atoms with Crippen molar-refractivity contribution in [2.24, 2.45) is 0 Å². The normalized spacial score (nSPS) is 28.7. The smallest absolute Gasteiger partial charge is 0.304 e. The molecule has 2 atom stereocenters. The Morgan fingerprint density at radius 2 is 2.33 bits per heavy atom. The molecule has 0 aromatic heterocycles. The van der Waals surface area contributed by atoms with Gasteiger partial charge in [-0.15, -0.1) is 0 Å². The van der Waals surface area contributed by atoms with Crippen molar-refractivity contribution in [3.63, 3.8) is 0 Å². The van der Waals surface area contributed by atoms with Gasteiger partial charge in [-0.3, -0.25) is 4.79 Å². The van der Waals surface area contributed by atoms with E-state index in [0.29, 0.717) is 6.04 Å². The van der Waals surface area contributed by atoms with Crippen molar-refractivity contribution >= 4 is 5.97 Å². The van der Waals surface area contributed by atoms with Crippen molar-refractivity contribution in [3.05, 3.63) is 0 Å². The molecule has 0 amide bonds. The standard InChI is InChI=1S/C11H22N2O2/c1-3-5-13-6-4-9(2)12-10(8-13)7-11(14)15/h9-10,12H,3-8H2,1-2H3,(H,14,15). The van der Waals surface area contributed by atoms with Gasteiger partial charge in [-0.05, 0) is 32.9 Å². The molecule has 4 nitrogen and oxygen atoms in total. The van der Waals surface area contributed by atoms with E-state index in [-0.39, 0.29) is 12.5 Å². The molecule has 1 heterocycles. The van der Waals surface area contributed by atoms with Gasteiger partial charge >= 0.3 is 5.97 Å². The number of hydrogen-bond donors (Lipinski definition) is 2. The molecular formula is C11H22N2O2. The molecule has 1 fully saturated rings. The summed E-state index contributed by atoms with van der Waals surface area (Å²) in [5.41, 5.74) is 0. The third-order valence-electron chi connectivity index (χ3n) is 2.84. The summed E-state index contributed by atoms with van der Waals surface area (Å²) < 4.78 is 0. The second-order valence-corrected chi connectivity index (χ2v) is 4.45. The molecule has 1 saturated heterocycles. The highest BCUT2D eigenvalue weighted by Crippen LogP contribution is 2.08. The third kappa shape index (κ3) is 4.62. The fourth-order valence-electron chi connectivity index (χ4n) is 2.17. The van der Waals surface area contributed by atoms with E-state index in [4.69, 9.17) is 5.11 Å². The molecule has 0 radical (unpaired) electrons. The molecule has 4 heteroatoms. The number of rotatable bonds is 4. The van der Waals surface area contributed by atoms with E-state index in [1.807, 2.05) is 0 Å². The molecule has 0 aliphatic carbocycles. The van der Waals surface area contributed by atoms with E-state index in [2.05, 4.69) is 24.1 Å². The average Bonchev–Trinajstić information content (AvgIpc) is 2.28. The van der Waals surface area contributed by atoms with Crippen molar-refractivity contribution in [3.8, 4) is 0 Å². The van der Waals surface area contributed by atoms with Gasteiger partial charge in [-0.25, -0.2) is 0 Å². The van der Waals surface area contributed by atoms with E-state index in [1.54, 1.807) is 0 Å². The van der Waals surface area contributed by atoms with Gasteiger partial charge in [0.25, 0.3) is 0 Å². The lowest BCUT2D eigenvalue weighted by atomic mass is 10.2. The van der Waals surface area contributed by atoms with Crippen LogP contribution in [0.5, 0.6) is 0 Å². The van der Waals surface area contributed by atoms with Crippen LogP contribution in [0, 0.1) is 0 Å². The van der Waals surface area contributed by atoms with Crippen molar-refractivity contribution in [1.29, 1.82) is 0 Å². The monoisotopic (exact) mass is 214 g/mol. The lowest BCUT2D eigenvalue weighted by molar-refractivity contribution is -0.137. The fourth-order valence-corrected chi connectivity index (χ4v) is 2.17. The molecule has 88 valence electrons. The molecule has 0 aromatic rings. The van der Waals surface area contributed by atoms with Crippen molar-refractivity contribution < 1.29 is 9.90 Å². The zero-order valence-electron chi connectivity index (χ0n) is 9.70. The van der Waals surface area contributed by atoms with Gasteiger partial charge in [-0.2, -0.15) is 0 Å². The van der Waals surface area contributed by atoms with Crippen LogP contribution in [0.15, 0.2) is 0 Å². The minimum Gasteiger partial charge on any atom is -0.481 e. The van der Waals surface area contributed by atoms with Crippen LogP contribution >= 0.6 is 0 Å². The summed E-state index contributed by atoms with van der Waals surface area (Å²) in [6.45, 7) is 7.31. The molecule has 0 bridgehead atoms. The first-order valence-electron chi connectivity index (χ1n) is 5.82. The highest BCUT2D eigenvalue weighted by atomic mass is 16.4. The van der Waals surface area contributed by atoms with Gasteiger partial charge in [-0.1, -0.05) is 6.92 Å². The van der Waals surface area contributed by atoms with Crippen LogP contribution in [0.3, 0.4) is 0 Å². The maximum Gasteiger partial charge on any atom is 0.304 e. The molecule has 15 heavy (non-hydrogen) atoms. The van der Waals surface area contributed by atoms with E-state index in [0.717, 1.165) is 32.5 Å². The fraction of sp³-hybridized carbons (Fsp3) is 0.909. The summed E-state index contributed by atoms with van der Waals surface area (Å²) in [4.78, 5) is 13.1. The lowest BCUT2D eigenvalue weighted by Gasteiger charge is -2.22. The highest BCUT2D eigenvalue weighted by Gasteiger charge is 2.22. The Hall–Kier alpha value is -0.610. The molecule has 2 N–H and O–H groups in total. The molecule has 2 unspecified atom stereocenters. The van der Waals surface area contributed by atoms with Crippen molar-refractivity contribution in [1.82, 2.24) is 10.2 Å². The van der Waals surface area contributed by atoms with Crippen LogP contribution < -0.4 is 5.32 Å². The van der Waals surface area contributed by atoms with Gasteiger partial charge in [0.15, 0.2) is 0 Å². The third-order valence-corrected chi connectivity index (χ3v) is 2.84. The molecule has 1 aliphatic rings. The maximum absolute atomic E-state index is 10.7. The molecule has 1 aliphatic heterocycles. The Morgan fingerprint density at radius 3 is 2.93 bits per heavy atom. The summed E-state index contributed by atoms with van der Waals surface area (Å²) in [5, 5.41) is 12.2. The van der Waals surface area contributed by atoms with Gasteiger partial charge < -0.3 is 15.3 Å². The first-order valence-corrected chi connectivity index (χ1v) is 5.82. The van der Waals surface area contributed by atoms with Crippen LogP contribution in [0.1, 0.15) is 33.1 Å². The first-order chi connectivity index (χ1) is 7.11. The first kappa shape index (κ1) is 12.5. The maximum atomic E-state index is 10.7. The van der Waals surface area contributed by atoms with Crippen molar-refractivity contribution in [2.45, 2.75) is 45.2 Å². The summed E-state index contributed by atoms with van der Waals surface area (Å²) in [7, 11) is 0. The largest absolute Gasteiger partial charge is 0.481 e. The Balaban J connectivity index is 2.49. The molecule has 0 aromatic carbocycles. The minimum absolute atomic E-state index is 0.103. The molecular weight excluding hydrogens is 192 g/mol. The Kier molecular flexibility index (Phi) is 5.05. The number of hydrogen-bond acceptors (Lipinski definition) is 3. The second-order valence-electron chi connectivity index (χ2n) is 4.45. The summed E-state index contributed by atoms with van der Waals surface area (Å²) in [5.74, 6) is -0.710. The molecule has 0 spiro atoms. The van der Waals surface area contributed by atoms with Crippen molar-refractivity contribution in [2.75, 3.05) is 19.6 Å². The topological polar surface area (TPSA) is 52.6 Å². The van der Waals surface area contributed by atoms with E-state index in [9.17, 15) is 4.79 Å². The Morgan fingerprint density at radius 1 is 1.60 bits per heavy atom. The predicted molar refractivity (Wildman–Crippen MR) is 60.0 cm³/mol. The number of aliphatic carboxylic acids is 1. The number of carboxylic acid groups (broad SMARTS) is 1. The Bertz CT molecular complexity index is 209. The lowest BCUT2D eigenvalue weighted by Crippen LogP contribution is -2.41. The predicted octanol–water partition coefficient (Wildman–Crippen LogP) is 0.923. The molecule has 1 rings (SSSR count). The van der Waals surface area contributed by atoms with Crippen LogP contribution in [-0.4, -0.2) is 47.7 Å². The zero-order valence-corrected chi connectivity index (χ0v) is 9.70. The quantitative estimate of drug-likeness (QED) is 0.731. The van der Waals surface area contributed by atoms with Crippen LogP contribution in [0.2, 0.25) is 0 Å². The Labute approximate surface area is 91.6 Å². The minimum atomic E-state index is -0.710. The number of carbonyl (C=O) groups is 1. The van der Waals surface area contributed by atoms with Crippen LogP contribution in [0.4, 0.5) is 0 Å². The van der Waals surface area contributed by atoms with E-state index in [1.165, 1.54) is 0 Å². The van der Waals surface area contributed by atoms with Gasteiger partial charge in [0.1, 0.15) is 0 Å². The van der Waals surface area contributed by atoms with E-state index >= 15 is 0 Å². The van der Waals surface area contributed by atoms with Gasteiger partial charge in [0.05, 0.1) is 6.42 Å². The number of nitrogens with zero attached hydrogens (tertiary/aromatic N) is 1. The average molecular weight is 214 g/mol. The van der Waals surface area contributed by atoms with E-state index < -0.39 is 5.97 Å². The summed E-state index contributed by atoms with van der Waals surface area (Å²) in [6, 6.07) is 0.530. The zero-order chi connectivity index (χ0) is 11.3. The summed E-state index contributed by atoms with van der Waals surface area (Å²) in [6.07, 6.45) is 2.47. The van der Waals surface area contributed by atoms with Gasteiger partial charge in [0.2, 0.25) is 0 Å². The van der Waals surface area contributed by atoms with Crippen LogP contribution in [0.25, 0.3) is 0 Å². The molecule has 0 saturated carbocycles. The number of carboxylic acids is 1. The number of nitrogens with one attached hydrogen (secondary N) is 1.